The van der Waals surface area contributed by atoms with Crippen molar-refractivity contribution in [2.45, 2.75) is 33.1 Å². The third-order valence-electron chi connectivity index (χ3n) is 1.98. The van der Waals surface area contributed by atoms with Crippen molar-refractivity contribution < 1.29 is 0 Å². The van der Waals surface area contributed by atoms with E-state index in [-0.39, 0.29) is 0 Å². The molecule has 0 radical (unpaired) electrons. The van der Waals surface area contributed by atoms with Gasteiger partial charge in [0.25, 0.3) is 0 Å². The van der Waals surface area contributed by atoms with Gasteiger partial charge in [0.15, 0.2) is 0 Å². The van der Waals surface area contributed by atoms with Gasteiger partial charge in [-0.05, 0) is 25.2 Å². The molecule has 0 saturated carbocycles. The molecule has 0 N–H and O–H groups in total. The van der Waals surface area contributed by atoms with Crippen molar-refractivity contribution in [3.63, 3.8) is 0 Å². The Morgan fingerprint density at radius 2 is 2.20 bits per heavy atom. The average Bonchev–Trinajstić information content (AvgIpc) is 1.98. The van der Waals surface area contributed by atoms with E-state index in [0.29, 0.717) is 5.92 Å². The third-order valence-corrected chi connectivity index (χ3v) is 1.98. The fourth-order valence-electron chi connectivity index (χ4n) is 0.823. The highest BCUT2D eigenvalue weighted by molar-refractivity contribution is 4.99. The molecule has 0 aliphatic rings. The van der Waals surface area contributed by atoms with Crippen molar-refractivity contribution in [1.82, 2.24) is 0 Å². The van der Waals surface area contributed by atoms with Crippen LogP contribution in [0.3, 0.4) is 0 Å². The third kappa shape index (κ3) is 3.49. The Bertz CT molecular complexity index is 111. The van der Waals surface area contributed by atoms with E-state index in [4.69, 9.17) is 0 Å². The standard InChI is InChI=1S/C10H18/c1-5-7-8-10(4)9(3)6-2/h5,9H,1,4,6-8H2,2-3H3. The van der Waals surface area contributed by atoms with E-state index < -0.39 is 0 Å². The average molecular weight is 138 g/mol. The molecule has 0 rings (SSSR count). The van der Waals surface area contributed by atoms with E-state index >= 15 is 0 Å². The van der Waals surface area contributed by atoms with Crippen molar-refractivity contribution in [2.75, 3.05) is 0 Å². The Kier molecular flexibility index (Phi) is 5.00. The lowest BCUT2D eigenvalue weighted by molar-refractivity contribution is 0.627. The first-order valence-electron chi connectivity index (χ1n) is 4.00. The number of hydrogen-bond donors (Lipinski definition) is 0. The molecular weight excluding hydrogens is 120 g/mol. The van der Waals surface area contributed by atoms with Gasteiger partial charge in [0.1, 0.15) is 0 Å². The molecule has 0 saturated heterocycles. The van der Waals surface area contributed by atoms with Crippen molar-refractivity contribution in [3.05, 3.63) is 24.8 Å². The lowest BCUT2D eigenvalue weighted by Gasteiger charge is -2.10. The summed E-state index contributed by atoms with van der Waals surface area (Å²) < 4.78 is 0. The summed E-state index contributed by atoms with van der Waals surface area (Å²) in [6.45, 7) is 12.1. The van der Waals surface area contributed by atoms with Crippen molar-refractivity contribution in [3.8, 4) is 0 Å². The number of hydrogen-bond acceptors (Lipinski definition) is 0. The van der Waals surface area contributed by atoms with E-state index in [1.54, 1.807) is 0 Å². The number of allylic oxidation sites excluding steroid dienone is 2. The van der Waals surface area contributed by atoms with Crippen LogP contribution in [0, 0.1) is 5.92 Å². The molecule has 0 aromatic heterocycles. The lowest BCUT2D eigenvalue weighted by Crippen LogP contribution is -1.95. The van der Waals surface area contributed by atoms with Gasteiger partial charge in [-0.1, -0.05) is 32.1 Å². The maximum absolute atomic E-state index is 4.02. The SMILES string of the molecule is C=CCCC(=C)C(C)CC. The molecule has 58 valence electrons. The Morgan fingerprint density at radius 3 is 2.60 bits per heavy atom. The molecule has 0 fully saturated rings. The summed E-state index contributed by atoms with van der Waals surface area (Å²) in [6.07, 6.45) is 5.34. The molecule has 10 heavy (non-hydrogen) atoms. The minimum absolute atomic E-state index is 0.681. The summed E-state index contributed by atoms with van der Waals surface area (Å²) in [7, 11) is 0. The maximum atomic E-state index is 4.02. The van der Waals surface area contributed by atoms with Crippen LogP contribution in [0.5, 0.6) is 0 Å². The first kappa shape index (κ1) is 9.48. The molecule has 0 aliphatic heterocycles. The van der Waals surface area contributed by atoms with Crippen LogP contribution in [0.15, 0.2) is 24.8 Å². The van der Waals surface area contributed by atoms with Crippen LogP contribution in [0.4, 0.5) is 0 Å². The molecule has 0 nitrogen and oxygen atoms in total. The fourth-order valence-corrected chi connectivity index (χ4v) is 0.823. The van der Waals surface area contributed by atoms with Crippen LogP contribution in [-0.4, -0.2) is 0 Å². The van der Waals surface area contributed by atoms with Gasteiger partial charge in [0.05, 0.1) is 0 Å². The van der Waals surface area contributed by atoms with Gasteiger partial charge in [-0.15, -0.1) is 6.58 Å². The molecule has 0 aliphatic carbocycles. The van der Waals surface area contributed by atoms with Gasteiger partial charge in [-0.3, -0.25) is 0 Å². The molecule has 0 spiro atoms. The van der Waals surface area contributed by atoms with Gasteiger partial charge in [-0.25, -0.2) is 0 Å². The molecule has 1 unspecified atom stereocenters. The van der Waals surface area contributed by atoms with Gasteiger partial charge >= 0.3 is 0 Å². The second-order valence-corrected chi connectivity index (χ2v) is 2.79. The van der Waals surface area contributed by atoms with Gasteiger partial charge in [0, 0.05) is 0 Å². The van der Waals surface area contributed by atoms with E-state index in [1.807, 2.05) is 6.08 Å². The largest absolute Gasteiger partial charge is 0.103 e. The van der Waals surface area contributed by atoms with Crippen molar-refractivity contribution in [1.29, 1.82) is 0 Å². The summed E-state index contributed by atoms with van der Waals surface area (Å²) in [5.41, 5.74) is 1.36. The topological polar surface area (TPSA) is 0 Å². The molecular formula is C10H18. The summed E-state index contributed by atoms with van der Waals surface area (Å²) in [5.74, 6) is 0.681. The summed E-state index contributed by atoms with van der Waals surface area (Å²) in [4.78, 5) is 0. The summed E-state index contributed by atoms with van der Waals surface area (Å²) in [5, 5.41) is 0. The second-order valence-electron chi connectivity index (χ2n) is 2.79. The quantitative estimate of drug-likeness (QED) is 0.510. The Labute approximate surface area is 64.6 Å². The van der Waals surface area contributed by atoms with E-state index in [9.17, 15) is 0 Å². The Balaban J connectivity index is 3.51. The smallest absolute Gasteiger partial charge is 0.0237 e. The molecule has 0 aromatic rings. The highest BCUT2D eigenvalue weighted by atomic mass is 14.1. The maximum Gasteiger partial charge on any atom is -0.0237 e. The normalized spacial score (nSPS) is 12.6. The zero-order valence-corrected chi connectivity index (χ0v) is 7.19. The van der Waals surface area contributed by atoms with Crippen LogP contribution in [0.1, 0.15) is 33.1 Å². The highest BCUT2D eigenvalue weighted by Gasteiger charge is 2.01. The van der Waals surface area contributed by atoms with Crippen LogP contribution in [0.2, 0.25) is 0 Å². The van der Waals surface area contributed by atoms with E-state index in [2.05, 4.69) is 27.0 Å². The zero-order valence-electron chi connectivity index (χ0n) is 7.19. The molecule has 0 heteroatoms. The first-order chi connectivity index (χ1) is 4.72. The van der Waals surface area contributed by atoms with Crippen LogP contribution in [0.25, 0.3) is 0 Å². The van der Waals surface area contributed by atoms with E-state index in [1.165, 1.54) is 12.0 Å². The van der Waals surface area contributed by atoms with Gasteiger partial charge in [-0.2, -0.15) is 0 Å². The lowest BCUT2D eigenvalue weighted by atomic mass is 9.96. The van der Waals surface area contributed by atoms with Crippen LogP contribution < -0.4 is 0 Å². The highest BCUT2D eigenvalue weighted by Crippen LogP contribution is 2.16. The minimum Gasteiger partial charge on any atom is -0.103 e. The molecule has 1 atom stereocenters. The van der Waals surface area contributed by atoms with Gasteiger partial charge < -0.3 is 0 Å². The predicted molar refractivity (Wildman–Crippen MR) is 48.0 cm³/mol. The predicted octanol–water partition coefficient (Wildman–Crippen LogP) is 3.55. The summed E-state index contributed by atoms with van der Waals surface area (Å²) >= 11 is 0. The molecule has 0 bridgehead atoms. The minimum atomic E-state index is 0.681. The monoisotopic (exact) mass is 138 g/mol. The van der Waals surface area contributed by atoms with Crippen LogP contribution in [-0.2, 0) is 0 Å². The van der Waals surface area contributed by atoms with Crippen LogP contribution >= 0.6 is 0 Å². The van der Waals surface area contributed by atoms with Gasteiger partial charge in [0.2, 0.25) is 0 Å². The number of rotatable bonds is 5. The Hall–Kier alpha value is -0.520. The zero-order chi connectivity index (χ0) is 7.98. The van der Waals surface area contributed by atoms with E-state index in [0.717, 1.165) is 12.8 Å². The summed E-state index contributed by atoms with van der Waals surface area (Å²) in [6, 6.07) is 0. The second kappa shape index (κ2) is 5.28. The van der Waals surface area contributed by atoms with Crippen molar-refractivity contribution in [2.24, 2.45) is 5.92 Å². The molecule has 0 heterocycles. The Morgan fingerprint density at radius 1 is 1.60 bits per heavy atom. The fraction of sp³-hybridized carbons (Fsp3) is 0.600. The molecule has 0 aromatic carbocycles. The first-order valence-corrected chi connectivity index (χ1v) is 4.00. The molecule has 0 amide bonds. The van der Waals surface area contributed by atoms with Crippen molar-refractivity contribution >= 4 is 0 Å².